The zero-order valence-electron chi connectivity index (χ0n) is 19.2. The fourth-order valence-corrected chi connectivity index (χ4v) is 4.69. The zero-order chi connectivity index (χ0) is 24.8. The van der Waals surface area contributed by atoms with E-state index >= 15 is 0 Å². The summed E-state index contributed by atoms with van der Waals surface area (Å²) in [7, 11) is 1.32. The summed E-state index contributed by atoms with van der Waals surface area (Å²) in [6, 6.07) is 19.6. The Balaban J connectivity index is 1.40. The molecule has 1 unspecified atom stereocenters. The van der Waals surface area contributed by atoms with Gasteiger partial charge in [-0.3, -0.25) is 14.6 Å². The maximum absolute atomic E-state index is 13.2. The van der Waals surface area contributed by atoms with Gasteiger partial charge in [0.15, 0.2) is 5.76 Å². The summed E-state index contributed by atoms with van der Waals surface area (Å²) in [5, 5.41) is 0.955. The van der Waals surface area contributed by atoms with Crippen molar-refractivity contribution in [3.63, 3.8) is 0 Å². The normalized spacial score (nSPS) is 17.4. The molecule has 0 saturated heterocycles. The standard InChI is InChI=1S/C29H19NO6/c1-34-29(33)17-6-4-16(5-7-17)13-24-27(32)20-9-11-23-26(28(20)36-24)21(15-25(31)35-23)18-8-10-22-19(14-18)3-2-12-30-22/h2-14,21H,15H2,1H3/b24-13-. The molecule has 36 heavy (non-hydrogen) atoms. The molecule has 0 amide bonds. The number of Topliss-reactive ketones (excluding diaryl/α,β-unsaturated/α-hetero) is 1. The Hall–Kier alpha value is -4.78. The van der Waals surface area contributed by atoms with Crippen LogP contribution in [0.25, 0.3) is 17.0 Å². The summed E-state index contributed by atoms with van der Waals surface area (Å²) < 4.78 is 16.4. The van der Waals surface area contributed by atoms with Crippen LogP contribution in [0.2, 0.25) is 0 Å². The molecule has 0 fully saturated rings. The van der Waals surface area contributed by atoms with Crippen LogP contribution in [0.5, 0.6) is 11.5 Å². The highest BCUT2D eigenvalue weighted by Crippen LogP contribution is 2.49. The number of pyridine rings is 1. The molecule has 0 aliphatic carbocycles. The van der Waals surface area contributed by atoms with E-state index in [4.69, 9.17) is 14.2 Å². The van der Waals surface area contributed by atoms with Crippen molar-refractivity contribution in [3.05, 3.63) is 107 Å². The molecule has 3 aromatic carbocycles. The van der Waals surface area contributed by atoms with E-state index in [1.807, 2.05) is 30.3 Å². The second-order valence-electron chi connectivity index (χ2n) is 8.59. The highest BCUT2D eigenvalue weighted by Gasteiger charge is 2.38. The molecule has 176 valence electrons. The van der Waals surface area contributed by atoms with Crippen LogP contribution in [0.15, 0.2) is 78.7 Å². The molecule has 0 spiro atoms. The number of rotatable bonds is 3. The van der Waals surface area contributed by atoms with Crippen molar-refractivity contribution in [2.24, 2.45) is 0 Å². The Labute approximate surface area is 205 Å². The lowest BCUT2D eigenvalue weighted by molar-refractivity contribution is -0.135. The highest BCUT2D eigenvalue weighted by atomic mass is 16.5. The van der Waals surface area contributed by atoms with Crippen LogP contribution in [0, 0.1) is 0 Å². The molecule has 0 N–H and O–H groups in total. The number of aromatic nitrogens is 1. The predicted molar refractivity (Wildman–Crippen MR) is 131 cm³/mol. The number of fused-ring (bicyclic) bond motifs is 4. The molecule has 0 saturated carbocycles. The molecule has 2 aliphatic heterocycles. The second-order valence-corrected chi connectivity index (χ2v) is 8.59. The number of carbonyl (C=O) groups excluding carboxylic acids is 3. The third-order valence-electron chi connectivity index (χ3n) is 6.44. The molecule has 1 aromatic heterocycles. The molecule has 2 aliphatic rings. The Morgan fingerprint density at radius 2 is 1.86 bits per heavy atom. The first-order valence-electron chi connectivity index (χ1n) is 11.4. The molecular formula is C29H19NO6. The zero-order valence-corrected chi connectivity index (χ0v) is 19.2. The van der Waals surface area contributed by atoms with Crippen LogP contribution in [0.4, 0.5) is 0 Å². The third-order valence-corrected chi connectivity index (χ3v) is 6.44. The molecular weight excluding hydrogens is 458 g/mol. The number of hydrogen-bond acceptors (Lipinski definition) is 7. The van der Waals surface area contributed by atoms with Gasteiger partial charge in [0.1, 0.15) is 11.5 Å². The lowest BCUT2D eigenvalue weighted by Crippen LogP contribution is -2.21. The number of benzene rings is 3. The van der Waals surface area contributed by atoms with Gasteiger partial charge < -0.3 is 14.2 Å². The number of allylic oxidation sites excluding steroid dienone is 1. The van der Waals surface area contributed by atoms with E-state index in [1.165, 1.54) is 7.11 Å². The van der Waals surface area contributed by atoms with Gasteiger partial charge >= 0.3 is 11.9 Å². The maximum Gasteiger partial charge on any atom is 0.337 e. The number of ketones is 1. The molecule has 1 atom stereocenters. The molecule has 0 bridgehead atoms. The SMILES string of the molecule is COC(=O)c1ccc(/C=C2\Oc3c(ccc4c3C(c3ccc5ncccc5c3)CC(=O)O4)C2=O)cc1. The van der Waals surface area contributed by atoms with E-state index in [1.54, 1.807) is 48.7 Å². The first kappa shape index (κ1) is 21.7. The summed E-state index contributed by atoms with van der Waals surface area (Å²) in [6.07, 6.45) is 3.49. The average molecular weight is 477 g/mol. The lowest BCUT2D eigenvalue weighted by Gasteiger charge is -2.26. The summed E-state index contributed by atoms with van der Waals surface area (Å²) in [6.45, 7) is 0. The van der Waals surface area contributed by atoms with Gasteiger partial charge in [-0.1, -0.05) is 24.3 Å². The highest BCUT2D eigenvalue weighted by molar-refractivity contribution is 6.15. The largest absolute Gasteiger partial charge is 0.465 e. The van der Waals surface area contributed by atoms with Crippen LogP contribution in [0.3, 0.4) is 0 Å². The summed E-state index contributed by atoms with van der Waals surface area (Å²) in [5.74, 6) is -0.439. The quantitative estimate of drug-likeness (QED) is 0.231. The smallest absolute Gasteiger partial charge is 0.337 e. The minimum absolute atomic E-state index is 0.126. The fourth-order valence-electron chi connectivity index (χ4n) is 4.69. The summed E-state index contributed by atoms with van der Waals surface area (Å²) in [5.41, 5.74) is 3.95. The summed E-state index contributed by atoms with van der Waals surface area (Å²) in [4.78, 5) is 41.7. The number of nitrogens with zero attached hydrogens (tertiary/aromatic N) is 1. The Kier molecular flexibility index (Phi) is 5.11. The number of esters is 2. The average Bonchev–Trinajstić information content (AvgIpc) is 3.22. The number of methoxy groups -OCH3 is 1. The van der Waals surface area contributed by atoms with E-state index in [2.05, 4.69) is 4.98 Å². The van der Waals surface area contributed by atoms with E-state index < -0.39 is 5.97 Å². The topological polar surface area (TPSA) is 91.8 Å². The summed E-state index contributed by atoms with van der Waals surface area (Å²) >= 11 is 0. The maximum atomic E-state index is 13.2. The fraction of sp³-hybridized carbons (Fsp3) is 0.103. The minimum Gasteiger partial charge on any atom is -0.465 e. The van der Waals surface area contributed by atoms with Gasteiger partial charge in [0, 0.05) is 23.1 Å². The van der Waals surface area contributed by atoms with Crippen molar-refractivity contribution in [2.75, 3.05) is 7.11 Å². The van der Waals surface area contributed by atoms with Crippen LogP contribution < -0.4 is 9.47 Å². The second kappa shape index (κ2) is 8.46. The van der Waals surface area contributed by atoms with Crippen molar-refractivity contribution in [2.45, 2.75) is 12.3 Å². The van der Waals surface area contributed by atoms with Crippen molar-refractivity contribution in [3.8, 4) is 11.5 Å². The first-order chi connectivity index (χ1) is 17.5. The Bertz CT molecular complexity index is 1600. The monoisotopic (exact) mass is 477 g/mol. The van der Waals surface area contributed by atoms with Gasteiger partial charge in [-0.2, -0.15) is 0 Å². The van der Waals surface area contributed by atoms with Crippen molar-refractivity contribution in [1.82, 2.24) is 4.98 Å². The van der Waals surface area contributed by atoms with Gasteiger partial charge in [-0.05, 0) is 59.7 Å². The number of ether oxygens (including phenoxy) is 3. The Morgan fingerprint density at radius 3 is 2.67 bits per heavy atom. The van der Waals surface area contributed by atoms with E-state index in [9.17, 15) is 14.4 Å². The van der Waals surface area contributed by atoms with Gasteiger partial charge in [0.25, 0.3) is 0 Å². The molecule has 0 radical (unpaired) electrons. The molecule has 6 rings (SSSR count). The number of carbonyl (C=O) groups is 3. The molecule has 3 heterocycles. The minimum atomic E-state index is -0.438. The van der Waals surface area contributed by atoms with Gasteiger partial charge in [0.2, 0.25) is 5.78 Å². The van der Waals surface area contributed by atoms with Crippen molar-refractivity contribution >= 4 is 34.7 Å². The van der Waals surface area contributed by atoms with Gasteiger partial charge in [0.05, 0.1) is 30.2 Å². The van der Waals surface area contributed by atoms with Crippen molar-refractivity contribution < 1.29 is 28.6 Å². The lowest BCUT2D eigenvalue weighted by atomic mass is 9.84. The predicted octanol–water partition coefficient (Wildman–Crippen LogP) is 5.08. The third kappa shape index (κ3) is 3.62. The molecule has 7 heteroatoms. The van der Waals surface area contributed by atoms with E-state index in [-0.39, 0.29) is 29.9 Å². The van der Waals surface area contributed by atoms with E-state index in [0.29, 0.717) is 33.8 Å². The molecule has 4 aromatic rings. The van der Waals surface area contributed by atoms with Crippen LogP contribution in [-0.2, 0) is 9.53 Å². The first-order valence-corrected chi connectivity index (χ1v) is 11.4. The number of hydrogen-bond donors (Lipinski definition) is 0. The van der Waals surface area contributed by atoms with Gasteiger partial charge in [-0.25, -0.2) is 4.79 Å². The molecule has 7 nitrogen and oxygen atoms in total. The van der Waals surface area contributed by atoms with Crippen LogP contribution in [-0.4, -0.2) is 29.8 Å². The van der Waals surface area contributed by atoms with Gasteiger partial charge in [-0.15, -0.1) is 0 Å². The van der Waals surface area contributed by atoms with E-state index in [0.717, 1.165) is 16.5 Å². The van der Waals surface area contributed by atoms with Crippen molar-refractivity contribution in [1.29, 1.82) is 0 Å². The van der Waals surface area contributed by atoms with Crippen LogP contribution in [0.1, 0.15) is 49.7 Å². The Morgan fingerprint density at radius 1 is 1.03 bits per heavy atom. The van der Waals surface area contributed by atoms with Crippen LogP contribution >= 0.6 is 0 Å².